The van der Waals surface area contributed by atoms with Crippen LogP contribution in [-0.4, -0.2) is 53.1 Å². The zero-order chi connectivity index (χ0) is 14.1. The minimum Gasteiger partial charge on any atom is -0.379 e. The minimum absolute atomic E-state index is 0.417. The van der Waals surface area contributed by atoms with E-state index in [-0.39, 0.29) is 0 Å². The van der Waals surface area contributed by atoms with Gasteiger partial charge in [-0.15, -0.1) is 6.42 Å². The van der Waals surface area contributed by atoms with Crippen LogP contribution in [0.1, 0.15) is 13.8 Å². The average molecular weight is 259 g/mol. The molecule has 1 amide bonds. The van der Waals surface area contributed by atoms with Crippen molar-refractivity contribution in [2.24, 2.45) is 5.92 Å². The molecule has 0 aliphatic carbocycles. The van der Waals surface area contributed by atoms with Crippen molar-refractivity contribution in [2.45, 2.75) is 13.8 Å². The van der Waals surface area contributed by atoms with Gasteiger partial charge >= 0.3 is 0 Å². The molecule has 1 N–H and O–H groups in total. The number of hydrogen-bond acceptors (Lipinski definition) is 4. The highest BCUT2D eigenvalue weighted by molar-refractivity contribution is 5.45. The molecule has 0 aromatic carbocycles. The van der Waals surface area contributed by atoms with Gasteiger partial charge in [-0.2, -0.15) is 0 Å². The van der Waals surface area contributed by atoms with Crippen LogP contribution in [0.4, 0.5) is 0 Å². The van der Waals surface area contributed by atoms with Crippen molar-refractivity contribution in [3.63, 3.8) is 0 Å². The number of carbonyl (C=O) groups excluding carboxylic acids is 1. The molecule has 0 saturated heterocycles. The van der Waals surface area contributed by atoms with Crippen molar-refractivity contribution < 1.29 is 19.0 Å². The molecule has 0 unspecified atom stereocenters. The lowest BCUT2D eigenvalue weighted by atomic mass is 10.2. The van der Waals surface area contributed by atoms with Crippen LogP contribution >= 0.6 is 0 Å². The highest BCUT2D eigenvalue weighted by Crippen LogP contribution is 1.91. The molecule has 0 heterocycles. The Morgan fingerprint density at radius 3 is 2.39 bits per heavy atom. The van der Waals surface area contributed by atoms with Crippen molar-refractivity contribution in [2.75, 3.05) is 46.7 Å². The number of nitrogens with one attached hydrogen (secondary N) is 1. The van der Waals surface area contributed by atoms with E-state index in [2.05, 4.69) is 29.8 Å². The van der Waals surface area contributed by atoms with Gasteiger partial charge in [-0.1, -0.05) is 19.8 Å². The summed E-state index contributed by atoms with van der Waals surface area (Å²) in [6.45, 7) is 7.73. The maximum Gasteiger partial charge on any atom is 0.207 e. The first-order valence-electron chi connectivity index (χ1n) is 5.93. The maximum absolute atomic E-state index is 9.82. The first-order valence-corrected chi connectivity index (χ1v) is 5.93. The topological polar surface area (TPSA) is 56.8 Å². The number of rotatable bonds is 10. The summed E-state index contributed by atoms with van der Waals surface area (Å²) in [6, 6.07) is 0. The lowest BCUT2D eigenvalue weighted by molar-refractivity contribution is -0.109. The van der Waals surface area contributed by atoms with E-state index in [9.17, 15) is 4.79 Å². The molecule has 0 aromatic heterocycles. The summed E-state index contributed by atoms with van der Waals surface area (Å²) in [5.74, 6) is 2.86. The van der Waals surface area contributed by atoms with Gasteiger partial charge in [0.05, 0.1) is 19.8 Å². The Balaban J connectivity index is 0. The van der Waals surface area contributed by atoms with Crippen molar-refractivity contribution in [3.05, 3.63) is 0 Å². The van der Waals surface area contributed by atoms with Crippen LogP contribution in [0.15, 0.2) is 0 Å². The van der Waals surface area contributed by atoms with E-state index in [0.717, 1.165) is 6.61 Å². The van der Waals surface area contributed by atoms with Crippen LogP contribution < -0.4 is 5.32 Å². The van der Waals surface area contributed by atoms with Gasteiger partial charge in [0, 0.05) is 20.3 Å². The first-order chi connectivity index (χ1) is 8.68. The molecule has 0 aromatic rings. The smallest absolute Gasteiger partial charge is 0.207 e. The molecule has 0 aliphatic heterocycles. The second kappa shape index (κ2) is 18.3. The number of amides is 1. The Kier molecular flexibility index (Phi) is 19.6. The predicted octanol–water partition coefficient (Wildman–Crippen LogP) is 0.688. The van der Waals surface area contributed by atoms with E-state index >= 15 is 0 Å². The molecule has 0 bridgehead atoms. The summed E-state index contributed by atoms with van der Waals surface area (Å²) in [6.07, 6.45) is 5.43. The molecule has 0 radical (unpaired) electrons. The SMILES string of the molecule is C#CCOC.CC(C)COCCOCCNC=O. The van der Waals surface area contributed by atoms with Gasteiger partial charge in [0.25, 0.3) is 0 Å². The highest BCUT2D eigenvalue weighted by atomic mass is 16.5. The fraction of sp³-hybridized carbons (Fsp3) is 0.769. The zero-order valence-electron chi connectivity index (χ0n) is 11.6. The summed E-state index contributed by atoms with van der Waals surface area (Å²) in [7, 11) is 1.57. The number of carbonyl (C=O) groups is 1. The standard InChI is InChI=1S/C9H19NO3.C4H6O/c1-9(2)7-13-6-5-12-4-3-10-8-11;1-3-4-5-2/h8-9H,3-7H2,1-2H3,(H,10,11);1H,4H2,2H3. The Morgan fingerprint density at radius 1 is 1.28 bits per heavy atom. The first kappa shape index (κ1) is 19.3. The van der Waals surface area contributed by atoms with E-state index in [1.807, 2.05) is 0 Å². The summed E-state index contributed by atoms with van der Waals surface area (Å²) in [5, 5.41) is 2.51. The third-order valence-electron chi connectivity index (χ3n) is 1.52. The van der Waals surface area contributed by atoms with Gasteiger partial charge in [0.15, 0.2) is 0 Å². The molecular weight excluding hydrogens is 234 g/mol. The normalized spacial score (nSPS) is 9.28. The molecule has 0 saturated carbocycles. The molecule has 0 rings (SSSR count). The van der Waals surface area contributed by atoms with E-state index in [1.165, 1.54) is 0 Å². The second-order valence-corrected chi connectivity index (χ2v) is 3.79. The van der Waals surface area contributed by atoms with E-state index in [0.29, 0.717) is 45.3 Å². The van der Waals surface area contributed by atoms with Crippen LogP contribution in [0, 0.1) is 18.3 Å². The second-order valence-electron chi connectivity index (χ2n) is 3.79. The van der Waals surface area contributed by atoms with E-state index < -0.39 is 0 Å². The highest BCUT2D eigenvalue weighted by Gasteiger charge is 1.93. The van der Waals surface area contributed by atoms with Crippen LogP contribution in [0.25, 0.3) is 0 Å². The van der Waals surface area contributed by atoms with Crippen LogP contribution in [0.5, 0.6) is 0 Å². The summed E-state index contributed by atoms with van der Waals surface area (Å²) >= 11 is 0. The predicted molar refractivity (Wildman–Crippen MR) is 71.3 cm³/mol. The Hall–Kier alpha value is -1.09. The maximum atomic E-state index is 9.82. The van der Waals surface area contributed by atoms with Crippen molar-refractivity contribution in [1.82, 2.24) is 5.32 Å². The van der Waals surface area contributed by atoms with Crippen molar-refractivity contribution >= 4 is 6.41 Å². The van der Waals surface area contributed by atoms with E-state index in [4.69, 9.17) is 15.9 Å². The molecule has 0 atom stereocenters. The number of methoxy groups -OCH3 is 1. The van der Waals surface area contributed by atoms with Crippen molar-refractivity contribution in [1.29, 1.82) is 0 Å². The number of ether oxygens (including phenoxy) is 3. The lowest BCUT2D eigenvalue weighted by Crippen LogP contribution is -2.19. The van der Waals surface area contributed by atoms with Gasteiger partial charge in [-0.05, 0) is 5.92 Å². The fourth-order valence-corrected chi connectivity index (χ4v) is 0.812. The van der Waals surface area contributed by atoms with Gasteiger partial charge in [-0.25, -0.2) is 0 Å². The summed E-state index contributed by atoms with van der Waals surface area (Å²) in [4.78, 5) is 9.82. The molecule has 0 fully saturated rings. The van der Waals surface area contributed by atoms with Crippen LogP contribution in [0.3, 0.4) is 0 Å². The van der Waals surface area contributed by atoms with E-state index in [1.54, 1.807) is 7.11 Å². The Bertz CT molecular complexity index is 202. The number of terminal acetylenes is 1. The van der Waals surface area contributed by atoms with Crippen LogP contribution in [-0.2, 0) is 19.0 Å². The third-order valence-corrected chi connectivity index (χ3v) is 1.52. The molecule has 5 nitrogen and oxygen atoms in total. The summed E-state index contributed by atoms with van der Waals surface area (Å²) in [5.41, 5.74) is 0. The fourth-order valence-electron chi connectivity index (χ4n) is 0.812. The molecule has 106 valence electrons. The average Bonchev–Trinajstić information content (AvgIpc) is 2.34. The molecule has 18 heavy (non-hydrogen) atoms. The van der Waals surface area contributed by atoms with Gasteiger partial charge in [0.1, 0.15) is 6.61 Å². The zero-order valence-corrected chi connectivity index (χ0v) is 11.6. The van der Waals surface area contributed by atoms with Crippen molar-refractivity contribution in [3.8, 4) is 12.3 Å². The lowest BCUT2D eigenvalue weighted by Gasteiger charge is -2.07. The quantitative estimate of drug-likeness (QED) is 0.356. The van der Waals surface area contributed by atoms with Gasteiger partial charge < -0.3 is 19.5 Å². The molecule has 0 aliphatic rings. The third kappa shape index (κ3) is 24.2. The monoisotopic (exact) mass is 259 g/mol. The molecule has 5 heteroatoms. The Labute approximate surface area is 110 Å². The minimum atomic E-state index is 0.417. The summed E-state index contributed by atoms with van der Waals surface area (Å²) < 4.78 is 14.9. The van der Waals surface area contributed by atoms with Gasteiger partial charge in [0.2, 0.25) is 6.41 Å². The largest absolute Gasteiger partial charge is 0.379 e. The Morgan fingerprint density at radius 2 is 1.94 bits per heavy atom. The molecular formula is C13H25NO4. The molecule has 0 spiro atoms. The van der Waals surface area contributed by atoms with Crippen LogP contribution in [0.2, 0.25) is 0 Å². The van der Waals surface area contributed by atoms with Gasteiger partial charge in [-0.3, -0.25) is 4.79 Å². The number of hydrogen-bond donors (Lipinski definition) is 1.